The van der Waals surface area contributed by atoms with E-state index in [1.165, 1.54) is 25.9 Å². The highest BCUT2D eigenvalue weighted by molar-refractivity contribution is 5.94. The van der Waals surface area contributed by atoms with Crippen LogP contribution in [0, 0.1) is 6.92 Å². The number of anilines is 3. The fourth-order valence-corrected chi connectivity index (χ4v) is 3.77. The van der Waals surface area contributed by atoms with Crippen molar-refractivity contribution in [2.24, 2.45) is 0 Å². The monoisotopic (exact) mass is 425 g/mol. The second-order valence-electron chi connectivity index (χ2n) is 8.10. The summed E-state index contributed by atoms with van der Waals surface area (Å²) in [6, 6.07) is 5.78. The number of fused-ring (bicyclic) bond motifs is 1. The number of aryl methyl sites for hydroxylation is 1. The van der Waals surface area contributed by atoms with Crippen molar-refractivity contribution in [2.45, 2.75) is 26.2 Å². The van der Waals surface area contributed by atoms with Crippen molar-refractivity contribution in [1.29, 1.82) is 0 Å². The van der Waals surface area contributed by atoms with Crippen molar-refractivity contribution < 1.29 is 9.47 Å². The van der Waals surface area contributed by atoms with Gasteiger partial charge in [0.2, 0.25) is 5.95 Å². The molecule has 4 rings (SSSR count). The van der Waals surface area contributed by atoms with Crippen LogP contribution in [0.2, 0.25) is 0 Å². The zero-order chi connectivity index (χ0) is 21.8. The quantitative estimate of drug-likeness (QED) is 0.505. The maximum Gasteiger partial charge on any atom is 0.227 e. The molecule has 0 aliphatic carbocycles. The molecule has 9 nitrogen and oxygen atoms in total. The van der Waals surface area contributed by atoms with E-state index in [9.17, 15) is 0 Å². The first-order valence-electron chi connectivity index (χ1n) is 10.7. The standard InChI is InChI=1S/C22H31N7O2/c1-15-12-20(27-26-15)24-21-16-13-18(30-4)19(14-17(16)23-22(25-21)28(2)3)31-11-7-10-29-8-5-6-9-29/h12-14H,5-11H2,1-4H3,(H2,23,24,25,26,27). The van der Waals surface area contributed by atoms with Crippen LogP contribution in [-0.4, -0.2) is 72.5 Å². The molecule has 0 amide bonds. The fourth-order valence-electron chi connectivity index (χ4n) is 3.77. The van der Waals surface area contributed by atoms with Gasteiger partial charge >= 0.3 is 0 Å². The lowest BCUT2D eigenvalue weighted by molar-refractivity contribution is 0.254. The van der Waals surface area contributed by atoms with Crippen molar-refractivity contribution in [2.75, 3.05) is 57.7 Å². The minimum atomic E-state index is 0.604. The molecule has 2 aromatic heterocycles. The molecule has 9 heteroatoms. The third-order valence-corrected chi connectivity index (χ3v) is 5.40. The summed E-state index contributed by atoms with van der Waals surface area (Å²) in [5.41, 5.74) is 1.75. The molecular weight excluding hydrogens is 394 g/mol. The van der Waals surface area contributed by atoms with Gasteiger partial charge in [-0.15, -0.1) is 0 Å². The molecule has 2 N–H and O–H groups in total. The lowest BCUT2D eigenvalue weighted by Gasteiger charge is -2.17. The van der Waals surface area contributed by atoms with Gasteiger partial charge in [0.15, 0.2) is 17.3 Å². The number of H-pyrrole nitrogens is 1. The van der Waals surface area contributed by atoms with Gasteiger partial charge in [0, 0.05) is 43.9 Å². The topological polar surface area (TPSA) is 91.4 Å². The maximum atomic E-state index is 6.09. The number of aromatic amines is 1. The van der Waals surface area contributed by atoms with Crippen molar-refractivity contribution in [3.05, 3.63) is 23.9 Å². The first-order valence-corrected chi connectivity index (χ1v) is 10.7. The molecular formula is C22H31N7O2. The summed E-state index contributed by atoms with van der Waals surface area (Å²) in [5, 5.41) is 11.3. The second kappa shape index (κ2) is 9.38. The third kappa shape index (κ3) is 4.99. The Morgan fingerprint density at radius 2 is 1.94 bits per heavy atom. The molecule has 1 aliphatic heterocycles. The van der Waals surface area contributed by atoms with E-state index in [0.717, 1.165) is 29.6 Å². The molecule has 1 fully saturated rings. The highest BCUT2D eigenvalue weighted by Crippen LogP contribution is 2.36. The zero-order valence-corrected chi connectivity index (χ0v) is 18.7. The van der Waals surface area contributed by atoms with Gasteiger partial charge in [-0.1, -0.05) is 0 Å². The van der Waals surface area contributed by atoms with Gasteiger partial charge in [-0.2, -0.15) is 10.1 Å². The van der Waals surface area contributed by atoms with E-state index in [1.54, 1.807) is 7.11 Å². The predicted octanol–water partition coefficient (Wildman–Crippen LogP) is 3.34. The summed E-state index contributed by atoms with van der Waals surface area (Å²) in [7, 11) is 5.49. The highest BCUT2D eigenvalue weighted by Gasteiger charge is 2.16. The molecule has 0 spiro atoms. The normalized spacial score (nSPS) is 14.2. The number of rotatable bonds is 9. The molecule has 1 saturated heterocycles. The number of benzene rings is 1. The number of likely N-dealkylation sites (tertiary alicyclic amines) is 1. The SMILES string of the molecule is COc1cc2c(Nc3cc(C)[nH]n3)nc(N(C)C)nc2cc1OCCCN1CCCC1. The van der Waals surface area contributed by atoms with E-state index >= 15 is 0 Å². The molecule has 0 bridgehead atoms. The summed E-state index contributed by atoms with van der Waals surface area (Å²) in [6.45, 7) is 6.07. The first-order chi connectivity index (χ1) is 15.0. The molecule has 1 aromatic carbocycles. The van der Waals surface area contributed by atoms with Crippen molar-refractivity contribution in [1.82, 2.24) is 25.1 Å². The lowest BCUT2D eigenvalue weighted by atomic mass is 10.2. The Labute approximate surface area is 182 Å². The fraction of sp³-hybridized carbons (Fsp3) is 0.500. The Kier molecular flexibility index (Phi) is 6.41. The number of nitrogens with one attached hydrogen (secondary N) is 2. The second-order valence-corrected chi connectivity index (χ2v) is 8.10. The summed E-state index contributed by atoms with van der Waals surface area (Å²) < 4.78 is 11.7. The number of aromatic nitrogens is 4. The van der Waals surface area contributed by atoms with Gasteiger partial charge < -0.3 is 24.6 Å². The Bertz CT molecular complexity index is 1030. The molecule has 0 saturated carbocycles. The zero-order valence-electron chi connectivity index (χ0n) is 18.7. The number of hydrogen-bond donors (Lipinski definition) is 2. The number of methoxy groups -OCH3 is 1. The largest absolute Gasteiger partial charge is 0.493 e. The van der Waals surface area contributed by atoms with Gasteiger partial charge in [0.1, 0.15) is 5.82 Å². The maximum absolute atomic E-state index is 6.09. The Morgan fingerprint density at radius 3 is 2.61 bits per heavy atom. The number of nitrogens with zero attached hydrogens (tertiary/aromatic N) is 5. The van der Waals surface area contributed by atoms with Gasteiger partial charge in [-0.3, -0.25) is 5.10 Å². The van der Waals surface area contributed by atoms with E-state index in [0.29, 0.717) is 35.7 Å². The molecule has 1 aliphatic rings. The van der Waals surface area contributed by atoms with Crippen LogP contribution in [0.25, 0.3) is 10.9 Å². The Hall–Kier alpha value is -3.07. The third-order valence-electron chi connectivity index (χ3n) is 5.40. The predicted molar refractivity (Wildman–Crippen MR) is 123 cm³/mol. The first kappa shape index (κ1) is 21.2. The Balaban J connectivity index is 1.60. The van der Waals surface area contributed by atoms with Crippen molar-refractivity contribution in [3.8, 4) is 11.5 Å². The molecule has 31 heavy (non-hydrogen) atoms. The molecule has 0 atom stereocenters. The highest BCUT2D eigenvalue weighted by atomic mass is 16.5. The van der Waals surface area contributed by atoms with Crippen LogP contribution in [-0.2, 0) is 0 Å². The lowest BCUT2D eigenvalue weighted by Crippen LogP contribution is -2.21. The summed E-state index contributed by atoms with van der Waals surface area (Å²) in [5.74, 6) is 3.33. The van der Waals surface area contributed by atoms with Crippen LogP contribution >= 0.6 is 0 Å². The van der Waals surface area contributed by atoms with Gasteiger partial charge in [0.05, 0.1) is 19.2 Å². The van der Waals surface area contributed by atoms with Crippen LogP contribution in [0.1, 0.15) is 25.0 Å². The van der Waals surface area contributed by atoms with Gasteiger partial charge in [-0.25, -0.2) is 4.98 Å². The van der Waals surface area contributed by atoms with Crippen molar-refractivity contribution >= 4 is 28.5 Å². The Morgan fingerprint density at radius 1 is 1.13 bits per heavy atom. The molecule has 166 valence electrons. The van der Waals surface area contributed by atoms with Crippen LogP contribution in [0.3, 0.4) is 0 Å². The van der Waals surface area contributed by atoms with Crippen molar-refractivity contribution in [3.63, 3.8) is 0 Å². The van der Waals surface area contributed by atoms with E-state index in [-0.39, 0.29) is 0 Å². The smallest absolute Gasteiger partial charge is 0.227 e. The minimum Gasteiger partial charge on any atom is -0.493 e. The summed E-state index contributed by atoms with van der Waals surface area (Å²) >= 11 is 0. The molecule has 3 heterocycles. The molecule has 3 aromatic rings. The van der Waals surface area contributed by atoms with Crippen LogP contribution in [0.5, 0.6) is 11.5 Å². The van der Waals surface area contributed by atoms with Gasteiger partial charge in [-0.05, 0) is 45.3 Å². The van der Waals surface area contributed by atoms with Crippen LogP contribution < -0.4 is 19.7 Å². The van der Waals surface area contributed by atoms with Gasteiger partial charge in [0.25, 0.3) is 0 Å². The van der Waals surface area contributed by atoms with E-state index in [2.05, 4.69) is 25.4 Å². The van der Waals surface area contributed by atoms with Crippen LogP contribution in [0.4, 0.5) is 17.6 Å². The average molecular weight is 426 g/mol. The van der Waals surface area contributed by atoms with Crippen LogP contribution in [0.15, 0.2) is 18.2 Å². The summed E-state index contributed by atoms with van der Waals surface area (Å²) in [4.78, 5) is 13.8. The van der Waals surface area contributed by atoms with E-state index in [1.807, 2.05) is 44.1 Å². The van der Waals surface area contributed by atoms with E-state index < -0.39 is 0 Å². The average Bonchev–Trinajstić information content (AvgIpc) is 3.42. The molecule has 0 unspecified atom stereocenters. The van der Waals surface area contributed by atoms with E-state index in [4.69, 9.17) is 14.5 Å². The number of ether oxygens (including phenoxy) is 2. The number of hydrogen-bond acceptors (Lipinski definition) is 8. The summed E-state index contributed by atoms with van der Waals surface area (Å²) in [6.07, 6.45) is 3.60. The molecule has 0 radical (unpaired) electrons. The minimum absolute atomic E-state index is 0.604.